The monoisotopic (exact) mass is 282 g/mol. The maximum atomic E-state index is 11.0. The highest BCUT2D eigenvalue weighted by molar-refractivity contribution is 6.35. The molecule has 0 radical (unpaired) electrons. The van der Waals surface area contributed by atoms with Crippen molar-refractivity contribution in [2.24, 2.45) is 5.73 Å². The number of halogens is 2. The van der Waals surface area contributed by atoms with E-state index in [4.69, 9.17) is 34.7 Å². The van der Waals surface area contributed by atoms with Crippen LogP contribution in [0.15, 0.2) is 24.4 Å². The molecule has 2 aromatic rings. The van der Waals surface area contributed by atoms with Crippen molar-refractivity contribution in [1.29, 1.82) is 0 Å². The fourth-order valence-electron chi connectivity index (χ4n) is 1.41. The van der Waals surface area contributed by atoms with Gasteiger partial charge in [-0.05, 0) is 18.2 Å². The van der Waals surface area contributed by atoms with Gasteiger partial charge >= 0.3 is 0 Å². The Bertz CT molecular complexity index is 610. The van der Waals surface area contributed by atoms with Gasteiger partial charge in [0.25, 0.3) is 5.91 Å². The largest absolute Gasteiger partial charge is 0.383 e. The van der Waals surface area contributed by atoms with Crippen LogP contribution in [0.4, 0.5) is 5.82 Å². The molecule has 0 aliphatic heterocycles. The fraction of sp³-hybridized carbons (Fsp3) is 0. The zero-order valence-electron chi connectivity index (χ0n) is 9.02. The molecule has 7 heteroatoms. The Hall–Kier alpha value is -1.85. The van der Waals surface area contributed by atoms with Crippen molar-refractivity contribution in [1.82, 2.24) is 9.97 Å². The molecule has 0 saturated heterocycles. The maximum absolute atomic E-state index is 11.0. The van der Waals surface area contributed by atoms with Gasteiger partial charge in [0.1, 0.15) is 5.82 Å². The van der Waals surface area contributed by atoms with Crippen LogP contribution in [0.1, 0.15) is 10.4 Å². The maximum Gasteiger partial charge on any atom is 0.254 e. The molecule has 0 bridgehead atoms. The van der Waals surface area contributed by atoms with Gasteiger partial charge in [0.05, 0.1) is 5.56 Å². The van der Waals surface area contributed by atoms with Gasteiger partial charge in [-0.3, -0.25) is 4.79 Å². The van der Waals surface area contributed by atoms with Crippen molar-refractivity contribution >= 4 is 34.9 Å². The third-order valence-electron chi connectivity index (χ3n) is 2.20. The molecule has 1 aromatic carbocycles. The lowest BCUT2D eigenvalue weighted by molar-refractivity contribution is 0.100. The van der Waals surface area contributed by atoms with Crippen molar-refractivity contribution in [2.45, 2.75) is 0 Å². The number of nitrogens with zero attached hydrogens (tertiary/aromatic N) is 2. The third-order valence-corrected chi connectivity index (χ3v) is 2.64. The van der Waals surface area contributed by atoms with Crippen LogP contribution in [0.3, 0.4) is 0 Å². The minimum atomic E-state index is -0.678. The zero-order chi connectivity index (χ0) is 13.3. The number of hydrogen-bond donors (Lipinski definition) is 2. The van der Waals surface area contributed by atoms with E-state index in [1.165, 1.54) is 6.20 Å². The van der Waals surface area contributed by atoms with Gasteiger partial charge in [0.2, 0.25) is 0 Å². The lowest BCUT2D eigenvalue weighted by atomic mass is 10.2. The van der Waals surface area contributed by atoms with Gasteiger partial charge in [-0.1, -0.05) is 23.2 Å². The first kappa shape index (κ1) is 12.6. The predicted molar refractivity (Wildman–Crippen MR) is 70.4 cm³/mol. The van der Waals surface area contributed by atoms with Crippen molar-refractivity contribution in [3.05, 3.63) is 40.0 Å². The lowest BCUT2D eigenvalue weighted by Gasteiger charge is -2.05. The predicted octanol–water partition coefficient (Wildman–Crippen LogP) is 2.13. The normalized spacial score (nSPS) is 10.3. The van der Waals surface area contributed by atoms with E-state index < -0.39 is 5.91 Å². The summed E-state index contributed by atoms with van der Waals surface area (Å²) in [5.41, 5.74) is 11.4. The van der Waals surface area contributed by atoms with Crippen LogP contribution in [0.25, 0.3) is 11.4 Å². The van der Waals surface area contributed by atoms with E-state index in [2.05, 4.69) is 9.97 Å². The standard InChI is InChI=1S/C11H8Cl2N4O/c12-6-1-5(2-7(13)3-6)11-16-4-8(10(15)18)9(14)17-11/h1-4H,(H2,15,18)(H2,14,16,17). The molecular weight excluding hydrogens is 275 g/mol. The van der Waals surface area contributed by atoms with Crippen LogP contribution in [-0.2, 0) is 0 Å². The number of primary amides is 1. The summed E-state index contributed by atoms with van der Waals surface area (Å²) in [4.78, 5) is 19.0. The molecule has 1 aromatic heterocycles. The summed E-state index contributed by atoms with van der Waals surface area (Å²) >= 11 is 11.8. The quantitative estimate of drug-likeness (QED) is 0.882. The minimum absolute atomic E-state index is 0.0172. The first-order chi connectivity index (χ1) is 8.47. The summed E-state index contributed by atoms with van der Waals surface area (Å²) in [6.07, 6.45) is 1.27. The second kappa shape index (κ2) is 4.80. The molecule has 18 heavy (non-hydrogen) atoms. The number of hydrogen-bond acceptors (Lipinski definition) is 4. The van der Waals surface area contributed by atoms with Crippen molar-refractivity contribution in [2.75, 3.05) is 5.73 Å². The highest BCUT2D eigenvalue weighted by Gasteiger charge is 2.11. The number of carbonyl (C=O) groups is 1. The Morgan fingerprint density at radius 2 is 1.78 bits per heavy atom. The summed E-state index contributed by atoms with van der Waals surface area (Å²) in [5, 5.41) is 0.914. The number of nitrogens with two attached hydrogens (primary N) is 2. The zero-order valence-corrected chi connectivity index (χ0v) is 10.5. The molecule has 5 nitrogen and oxygen atoms in total. The van der Waals surface area contributed by atoms with E-state index >= 15 is 0 Å². The van der Waals surface area contributed by atoms with Crippen molar-refractivity contribution in [3.8, 4) is 11.4 Å². The second-order valence-corrected chi connectivity index (χ2v) is 4.39. The summed E-state index contributed by atoms with van der Waals surface area (Å²) in [5.74, 6) is -0.339. The molecule has 0 saturated carbocycles. The smallest absolute Gasteiger partial charge is 0.254 e. The highest BCUT2D eigenvalue weighted by atomic mass is 35.5. The Morgan fingerprint density at radius 3 is 2.28 bits per heavy atom. The number of amides is 1. The van der Waals surface area contributed by atoms with E-state index in [-0.39, 0.29) is 11.4 Å². The van der Waals surface area contributed by atoms with E-state index in [0.717, 1.165) is 0 Å². The van der Waals surface area contributed by atoms with Crippen LogP contribution in [0.2, 0.25) is 10.0 Å². The molecule has 0 spiro atoms. The SMILES string of the molecule is NC(=O)c1cnc(-c2cc(Cl)cc(Cl)c2)nc1N. The fourth-order valence-corrected chi connectivity index (χ4v) is 1.93. The number of carbonyl (C=O) groups excluding carboxylic acids is 1. The van der Waals surface area contributed by atoms with Crippen LogP contribution < -0.4 is 11.5 Å². The third kappa shape index (κ3) is 2.52. The number of nitrogen functional groups attached to an aromatic ring is 1. The van der Waals surface area contributed by atoms with Gasteiger partial charge in [-0.25, -0.2) is 9.97 Å². The molecule has 4 N–H and O–H groups in total. The van der Waals surface area contributed by atoms with E-state index in [1.807, 2.05) is 0 Å². The van der Waals surface area contributed by atoms with Crippen LogP contribution in [0, 0.1) is 0 Å². The second-order valence-electron chi connectivity index (χ2n) is 3.51. The van der Waals surface area contributed by atoms with Gasteiger partial charge in [-0.2, -0.15) is 0 Å². The average molecular weight is 283 g/mol. The lowest BCUT2D eigenvalue weighted by Crippen LogP contribution is -2.15. The molecule has 2 rings (SSSR count). The Labute approximate surface area is 113 Å². The first-order valence-corrected chi connectivity index (χ1v) is 5.62. The van der Waals surface area contributed by atoms with E-state index in [9.17, 15) is 4.79 Å². The Morgan fingerprint density at radius 1 is 1.17 bits per heavy atom. The van der Waals surface area contributed by atoms with Crippen LogP contribution in [-0.4, -0.2) is 15.9 Å². The van der Waals surface area contributed by atoms with Crippen LogP contribution in [0.5, 0.6) is 0 Å². The van der Waals surface area contributed by atoms with Crippen molar-refractivity contribution in [3.63, 3.8) is 0 Å². The van der Waals surface area contributed by atoms with Crippen LogP contribution >= 0.6 is 23.2 Å². The molecule has 92 valence electrons. The molecule has 0 aliphatic rings. The number of anilines is 1. The van der Waals surface area contributed by atoms with Gasteiger partial charge in [0.15, 0.2) is 5.82 Å². The highest BCUT2D eigenvalue weighted by Crippen LogP contribution is 2.25. The van der Waals surface area contributed by atoms with Gasteiger partial charge in [-0.15, -0.1) is 0 Å². The molecule has 1 amide bonds. The van der Waals surface area contributed by atoms with E-state index in [1.54, 1.807) is 18.2 Å². The Kier molecular flexibility index (Phi) is 3.36. The molecular formula is C11H8Cl2N4O. The summed E-state index contributed by atoms with van der Waals surface area (Å²) in [6, 6.07) is 4.88. The molecule has 0 fully saturated rings. The topological polar surface area (TPSA) is 94.9 Å². The number of aromatic nitrogens is 2. The van der Waals surface area contributed by atoms with Gasteiger partial charge in [0, 0.05) is 21.8 Å². The number of rotatable bonds is 2. The first-order valence-electron chi connectivity index (χ1n) is 4.86. The summed E-state index contributed by atoms with van der Waals surface area (Å²) < 4.78 is 0. The number of benzene rings is 1. The molecule has 1 heterocycles. The van der Waals surface area contributed by atoms with Crippen molar-refractivity contribution < 1.29 is 4.79 Å². The van der Waals surface area contributed by atoms with Gasteiger partial charge < -0.3 is 11.5 Å². The molecule has 0 atom stereocenters. The molecule has 0 unspecified atom stereocenters. The molecule has 0 aliphatic carbocycles. The van der Waals surface area contributed by atoms with E-state index in [0.29, 0.717) is 21.4 Å². The summed E-state index contributed by atoms with van der Waals surface area (Å²) in [6.45, 7) is 0. The minimum Gasteiger partial charge on any atom is -0.383 e. The average Bonchev–Trinajstić information content (AvgIpc) is 2.26. The Balaban J connectivity index is 2.52. The summed E-state index contributed by atoms with van der Waals surface area (Å²) in [7, 11) is 0.